The van der Waals surface area contributed by atoms with Gasteiger partial charge in [-0.3, -0.25) is 4.79 Å². The van der Waals surface area contributed by atoms with E-state index >= 15 is 0 Å². The van der Waals surface area contributed by atoms with Crippen LogP contribution in [0.4, 0.5) is 0 Å². The Hall–Kier alpha value is -2.14. The fraction of sp³-hybridized carbons (Fsp3) is 0.412. The maximum Gasteiger partial charge on any atom is 0.255 e. The lowest BCUT2D eigenvalue weighted by Crippen LogP contribution is -2.51. The van der Waals surface area contributed by atoms with Crippen molar-refractivity contribution in [2.75, 3.05) is 19.6 Å². The van der Waals surface area contributed by atoms with Crippen molar-refractivity contribution < 1.29 is 4.79 Å². The SMILES string of the molecule is Cc1cc(C(=O)N2CCNC(C)C2)c(C)n1-c1ccccn1. The van der Waals surface area contributed by atoms with Gasteiger partial charge in [0.25, 0.3) is 5.91 Å². The highest BCUT2D eigenvalue weighted by Gasteiger charge is 2.25. The lowest BCUT2D eigenvalue weighted by molar-refractivity contribution is 0.0708. The van der Waals surface area contributed by atoms with Gasteiger partial charge in [-0.25, -0.2) is 4.98 Å². The first-order valence-electron chi connectivity index (χ1n) is 7.71. The molecule has 1 aliphatic rings. The van der Waals surface area contributed by atoms with E-state index in [0.29, 0.717) is 6.04 Å². The number of amides is 1. The highest BCUT2D eigenvalue weighted by atomic mass is 16.2. The highest BCUT2D eigenvalue weighted by Crippen LogP contribution is 2.21. The normalized spacial score (nSPS) is 18.5. The number of aromatic nitrogens is 2. The van der Waals surface area contributed by atoms with Crippen molar-refractivity contribution in [3.8, 4) is 5.82 Å². The average Bonchev–Trinajstić information content (AvgIpc) is 2.82. The number of pyridine rings is 1. The molecular weight excluding hydrogens is 276 g/mol. The largest absolute Gasteiger partial charge is 0.336 e. The number of nitrogens with one attached hydrogen (secondary N) is 1. The summed E-state index contributed by atoms with van der Waals surface area (Å²) in [5, 5.41) is 3.37. The van der Waals surface area contributed by atoms with E-state index in [-0.39, 0.29) is 5.91 Å². The first-order valence-corrected chi connectivity index (χ1v) is 7.71. The van der Waals surface area contributed by atoms with Gasteiger partial charge in [-0.15, -0.1) is 0 Å². The molecule has 0 aliphatic carbocycles. The van der Waals surface area contributed by atoms with E-state index in [1.807, 2.05) is 47.6 Å². The highest BCUT2D eigenvalue weighted by molar-refractivity contribution is 5.96. The smallest absolute Gasteiger partial charge is 0.255 e. The molecule has 1 fully saturated rings. The number of nitrogens with zero attached hydrogens (tertiary/aromatic N) is 3. The van der Waals surface area contributed by atoms with Crippen LogP contribution < -0.4 is 5.32 Å². The summed E-state index contributed by atoms with van der Waals surface area (Å²) in [5.74, 6) is 0.967. The maximum atomic E-state index is 12.8. The Balaban J connectivity index is 1.94. The number of aryl methyl sites for hydroxylation is 1. The van der Waals surface area contributed by atoms with Crippen molar-refractivity contribution in [1.82, 2.24) is 19.8 Å². The third-order valence-electron chi connectivity index (χ3n) is 4.20. The minimum Gasteiger partial charge on any atom is -0.336 e. The van der Waals surface area contributed by atoms with Crippen LogP contribution in [0.5, 0.6) is 0 Å². The van der Waals surface area contributed by atoms with Gasteiger partial charge in [-0.2, -0.15) is 0 Å². The molecule has 3 heterocycles. The minimum absolute atomic E-state index is 0.114. The van der Waals surface area contributed by atoms with E-state index in [9.17, 15) is 4.79 Å². The van der Waals surface area contributed by atoms with E-state index in [1.165, 1.54) is 0 Å². The fourth-order valence-corrected chi connectivity index (χ4v) is 3.11. The zero-order valence-electron chi connectivity index (χ0n) is 13.3. The molecule has 3 rings (SSSR count). The summed E-state index contributed by atoms with van der Waals surface area (Å²) in [5.41, 5.74) is 2.76. The molecule has 1 aliphatic heterocycles. The lowest BCUT2D eigenvalue weighted by atomic mass is 10.1. The molecule has 0 saturated carbocycles. The summed E-state index contributed by atoms with van der Waals surface area (Å²) in [7, 11) is 0. The second kappa shape index (κ2) is 5.93. The summed E-state index contributed by atoms with van der Waals surface area (Å²) in [6.45, 7) is 8.48. The van der Waals surface area contributed by atoms with Crippen LogP contribution >= 0.6 is 0 Å². The molecule has 2 aromatic rings. The predicted molar refractivity (Wildman–Crippen MR) is 86.4 cm³/mol. The Morgan fingerprint density at radius 3 is 2.86 bits per heavy atom. The molecule has 5 heteroatoms. The number of rotatable bonds is 2. The molecule has 1 amide bonds. The lowest BCUT2D eigenvalue weighted by Gasteiger charge is -2.32. The van der Waals surface area contributed by atoms with Gasteiger partial charge in [0.1, 0.15) is 5.82 Å². The van der Waals surface area contributed by atoms with E-state index in [2.05, 4.69) is 17.2 Å². The van der Waals surface area contributed by atoms with Crippen molar-refractivity contribution in [2.24, 2.45) is 0 Å². The van der Waals surface area contributed by atoms with E-state index < -0.39 is 0 Å². The molecule has 1 N–H and O–H groups in total. The third kappa shape index (κ3) is 2.64. The first-order chi connectivity index (χ1) is 10.6. The fourth-order valence-electron chi connectivity index (χ4n) is 3.11. The van der Waals surface area contributed by atoms with Gasteiger partial charge in [-0.05, 0) is 39.0 Å². The first kappa shape index (κ1) is 14.8. The number of piperazine rings is 1. The number of carbonyl (C=O) groups excluding carboxylic acids is 1. The topological polar surface area (TPSA) is 50.2 Å². The molecule has 22 heavy (non-hydrogen) atoms. The van der Waals surface area contributed by atoms with Crippen molar-refractivity contribution in [2.45, 2.75) is 26.8 Å². The molecule has 0 bridgehead atoms. The molecule has 116 valence electrons. The Bertz CT molecular complexity index is 677. The van der Waals surface area contributed by atoms with E-state index in [1.54, 1.807) is 6.20 Å². The molecule has 1 saturated heterocycles. The second-order valence-electron chi connectivity index (χ2n) is 5.91. The molecule has 0 radical (unpaired) electrons. The van der Waals surface area contributed by atoms with Crippen LogP contribution in [0.2, 0.25) is 0 Å². The third-order valence-corrected chi connectivity index (χ3v) is 4.20. The molecular formula is C17H22N4O. The number of hydrogen-bond donors (Lipinski definition) is 1. The van der Waals surface area contributed by atoms with Crippen LogP contribution in [0, 0.1) is 13.8 Å². The van der Waals surface area contributed by atoms with Gasteiger partial charge in [0.2, 0.25) is 0 Å². The predicted octanol–water partition coefficient (Wildman–Crippen LogP) is 1.92. The number of carbonyl (C=O) groups is 1. The van der Waals surface area contributed by atoms with Gasteiger partial charge in [0.15, 0.2) is 0 Å². The Morgan fingerprint density at radius 2 is 2.18 bits per heavy atom. The molecule has 2 aromatic heterocycles. The van der Waals surface area contributed by atoms with Gasteiger partial charge < -0.3 is 14.8 Å². The molecule has 0 spiro atoms. The summed E-state index contributed by atoms with van der Waals surface area (Å²) in [4.78, 5) is 19.2. The molecule has 0 aromatic carbocycles. The quantitative estimate of drug-likeness (QED) is 0.921. The van der Waals surface area contributed by atoms with Crippen molar-refractivity contribution in [3.05, 3.63) is 47.4 Å². The Labute approximate surface area is 131 Å². The van der Waals surface area contributed by atoms with Gasteiger partial charge >= 0.3 is 0 Å². The zero-order chi connectivity index (χ0) is 15.7. The monoisotopic (exact) mass is 298 g/mol. The maximum absolute atomic E-state index is 12.8. The average molecular weight is 298 g/mol. The molecule has 1 atom stereocenters. The zero-order valence-corrected chi connectivity index (χ0v) is 13.3. The summed E-state index contributed by atoms with van der Waals surface area (Å²) >= 11 is 0. The van der Waals surface area contributed by atoms with Crippen LogP contribution in [0.25, 0.3) is 5.82 Å². The van der Waals surface area contributed by atoms with Crippen LogP contribution in [0.3, 0.4) is 0 Å². The summed E-state index contributed by atoms with van der Waals surface area (Å²) in [6, 6.07) is 8.13. The van der Waals surface area contributed by atoms with Crippen LogP contribution in [0.15, 0.2) is 30.5 Å². The van der Waals surface area contributed by atoms with Crippen molar-refractivity contribution >= 4 is 5.91 Å². The molecule has 1 unspecified atom stereocenters. The van der Waals surface area contributed by atoms with Gasteiger partial charge in [0, 0.05) is 43.3 Å². The van der Waals surface area contributed by atoms with E-state index in [0.717, 1.165) is 42.4 Å². The van der Waals surface area contributed by atoms with Crippen LogP contribution in [-0.4, -0.2) is 46.0 Å². The van der Waals surface area contributed by atoms with Crippen molar-refractivity contribution in [3.63, 3.8) is 0 Å². The summed E-state index contributed by atoms with van der Waals surface area (Å²) < 4.78 is 2.04. The van der Waals surface area contributed by atoms with Gasteiger partial charge in [-0.1, -0.05) is 6.07 Å². The number of hydrogen-bond acceptors (Lipinski definition) is 3. The Kier molecular flexibility index (Phi) is 3.98. The van der Waals surface area contributed by atoms with Crippen molar-refractivity contribution in [1.29, 1.82) is 0 Å². The Morgan fingerprint density at radius 1 is 1.36 bits per heavy atom. The van der Waals surface area contributed by atoms with Crippen LogP contribution in [-0.2, 0) is 0 Å². The standard InChI is InChI=1S/C17H22N4O/c1-12-11-20(9-8-18-12)17(22)15-10-13(2)21(14(15)3)16-6-4-5-7-19-16/h4-7,10,12,18H,8-9,11H2,1-3H3. The van der Waals surface area contributed by atoms with Crippen LogP contribution in [0.1, 0.15) is 28.7 Å². The summed E-state index contributed by atoms with van der Waals surface area (Å²) in [6.07, 6.45) is 1.77. The minimum atomic E-state index is 0.114. The molecule has 5 nitrogen and oxygen atoms in total. The van der Waals surface area contributed by atoms with Gasteiger partial charge in [0.05, 0.1) is 5.56 Å². The van der Waals surface area contributed by atoms with E-state index in [4.69, 9.17) is 0 Å². The second-order valence-corrected chi connectivity index (χ2v) is 5.91.